The van der Waals surface area contributed by atoms with Crippen LogP contribution in [-0.4, -0.2) is 34.6 Å². The predicted octanol–water partition coefficient (Wildman–Crippen LogP) is 3.44. The Bertz CT molecular complexity index is 1420. The van der Waals surface area contributed by atoms with E-state index in [-0.39, 0.29) is 15.6 Å². The second-order valence-electron chi connectivity index (χ2n) is 6.84. The third-order valence-electron chi connectivity index (χ3n) is 4.61. The molecule has 2 N–H and O–H groups in total. The molecule has 0 unspecified atom stereocenters. The number of aromatic nitrogens is 4. The van der Waals surface area contributed by atoms with Gasteiger partial charge in [-0.3, -0.25) is 19.6 Å². The van der Waals surface area contributed by atoms with Crippen molar-refractivity contribution >= 4 is 38.4 Å². The van der Waals surface area contributed by atoms with Gasteiger partial charge >= 0.3 is 0 Å². The Hall–Kier alpha value is -3.57. The number of rotatable bonds is 7. The standard InChI is InChI=1S/C21H20N6O3S2/c1-3-19-23-24-21(31-19)26-32(29,30)17-11-9-15(10-12-17)22-13-18-14(2)25-27(20(18)28)16-7-5-4-6-8-16/h4-13,25H,3H2,1-2H3,(H,24,26). The van der Waals surface area contributed by atoms with E-state index < -0.39 is 10.0 Å². The lowest BCUT2D eigenvalue weighted by molar-refractivity contribution is 0.601. The van der Waals surface area contributed by atoms with Gasteiger partial charge in [0.25, 0.3) is 15.6 Å². The number of hydrogen-bond acceptors (Lipinski definition) is 7. The minimum atomic E-state index is -3.79. The van der Waals surface area contributed by atoms with Crippen LogP contribution in [0.1, 0.15) is 23.2 Å². The second kappa shape index (κ2) is 8.89. The van der Waals surface area contributed by atoms with Crippen LogP contribution in [0.4, 0.5) is 10.8 Å². The zero-order valence-corrected chi connectivity index (χ0v) is 18.9. The second-order valence-corrected chi connectivity index (χ2v) is 9.58. The first-order valence-electron chi connectivity index (χ1n) is 9.74. The summed E-state index contributed by atoms with van der Waals surface area (Å²) < 4.78 is 29.0. The van der Waals surface area contributed by atoms with E-state index in [0.717, 1.165) is 10.7 Å². The molecule has 4 aromatic rings. The molecule has 0 bridgehead atoms. The topological polar surface area (TPSA) is 122 Å². The number of sulfonamides is 1. The van der Waals surface area contributed by atoms with Crippen LogP contribution < -0.4 is 10.3 Å². The maximum atomic E-state index is 12.7. The van der Waals surface area contributed by atoms with E-state index in [1.54, 1.807) is 19.1 Å². The third kappa shape index (κ3) is 4.53. The van der Waals surface area contributed by atoms with Crippen LogP contribution >= 0.6 is 11.3 Å². The molecular formula is C21H20N6O3S2. The van der Waals surface area contributed by atoms with Gasteiger partial charge in [0.15, 0.2) is 0 Å². The zero-order chi connectivity index (χ0) is 22.7. The number of anilines is 1. The van der Waals surface area contributed by atoms with Crippen LogP contribution in [0, 0.1) is 6.92 Å². The van der Waals surface area contributed by atoms with Gasteiger partial charge in [0.2, 0.25) is 5.13 Å². The molecule has 32 heavy (non-hydrogen) atoms. The molecule has 0 radical (unpaired) electrons. The summed E-state index contributed by atoms with van der Waals surface area (Å²) in [7, 11) is -3.79. The molecule has 0 amide bonds. The fourth-order valence-electron chi connectivity index (χ4n) is 2.93. The van der Waals surface area contributed by atoms with Gasteiger partial charge in [-0.2, -0.15) is 0 Å². The molecule has 0 aliphatic carbocycles. The van der Waals surface area contributed by atoms with Crippen molar-refractivity contribution in [1.82, 2.24) is 20.0 Å². The molecule has 2 aromatic carbocycles. The van der Waals surface area contributed by atoms with Gasteiger partial charge in [-0.1, -0.05) is 36.5 Å². The quantitative estimate of drug-likeness (QED) is 0.402. The first-order chi connectivity index (χ1) is 15.4. The largest absolute Gasteiger partial charge is 0.295 e. The Balaban J connectivity index is 1.53. The van der Waals surface area contributed by atoms with E-state index in [0.29, 0.717) is 23.4 Å². The lowest BCUT2D eigenvalue weighted by Crippen LogP contribution is -2.17. The summed E-state index contributed by atoms with van der Waals surface area (Å²) in [6, 6.07) is 15.3. The van der Waals surface area contributed by atoms with Gasteiger partial charge in [0.1, 0.15) is 5.01 Å². The molecule has 0 spiro atoms. The molecule has 2 heterocycles. The molecule has 2 aromatic heterocycles. The van der Waals surface area contributed by atoms with Crippen molar-refractivity contribution in [1.29, 1.82) is 0 Å². The van der Waals surface area contributed by atoms with Crippen LogP contribution in [0.25, 0.3) is 5.69 Å². The Morgan fingerprint density at radius 3 is 2.50 bits per heavy atom. The minimum Gasteiger partial charge on any atom is -0.295 e. The normalized spacial score (nSPS) is 11.8. The fraction of sp³-hybridized carbons (Fsp3) is 0.143. The van der Waals surface area contributed by atoms with Gasteiger partial charge in [-0.15, -0.1) is 10.2 Å². The van der Waals surface area contributed by atoms with Gasteiger partial charge in [-0.05, 0) is 49.7 Å². The average Bonchev–Trinajstić information content (AvgIpc) is 3.36. The number of para-hydroxylation sites is 1. The van der Waals surface area contributed by atoms with Crippen molar-refractivity contribution < 1.29 is 8.42 Å². The average molecular weight is 469 g/mol. The number of aryl methyl sites for hydroxylation is 2. The molecule has 4 rings (SSSR count). The van der Waals surface area contributed by atoms with Crippen molar-refractivity contribution in [3.63, 3.8) is 0 Å². The molecule has 0 fully saturated rings. The van der Waals surface area contributed by atoms with Crippen LogP contribution in [0.3, 0.4) is 0 Å². The summed E-state index contributed by atoms with van der Waals surface area (Å²) in [5.41, 5.74) is 2.12. The number of benzene rings is 2. The van der Waals surface area contributed by atoms with Crippen molar-refractivity contribution in [2.24, 2.45) is 4.99 Å². The fourth-order valence-corrected chi connectivity index (χ4v) is 4.84. The highest BCUT2D eigenvalue weighted by molar-refractivity contribution is 7.93. The first kappa shape index (κ1) is 21.7. The molecule has 9 nitrogen and oxygen atoms in total. The van der Waals surface area contributed by atoms with E-state index >= 15 is 0 Å². The molecule has 0 aliphatic rings. The number of aliphatic imine (C=N–C) groups is 1. The van der Waals surface area contributed by atoms with E-state index in [9.17, 15) is 13.2 Å². The number of nitrogens with one attached hydrogen (secondary N) is 2. The summed E-state index contributed by atoms with van der Waals surface area (Å²) in [5.74, 6) is 0. The van der Waals surface area contributed by atoms with E-state index in [1.807, 2.05) is 37.3 Å². The summed E-state index contributed by atoms with van der Waals surface area (Å²) in [5, 5.41) is 11.8. The van der Waals surface area contributed by atoms with Gasteiger partial charge in [0.05, 0.1) is 21.8 Å². The predicted molar refractivity (Wildman–Crippen MR) is 125 cm³/mol. The summed E-state index contributed by atoms with van der Waals surface area (Å²) >= 11 is 1.20. The lowest BCUT2D eigenvalue weighted by atomic mass is 10.2. The summed E-state index contributed by atoms with van der Waals surface area (Å²) in [6.45, 7) is 3.71. The van der Waals surface area contributed by atoms with Crippen molar-refractivity contribution in [3.05, 3.63) is 81.2 Å². The maximum Gasteiger partial charge on any atom is 0.280 e. The third-order valence-corrected chi connectivity index (χ3v) is 7.08. The number of aromatic amines is 1. The Morgan fingerprint density at radius 2 is 1.84 bits per heavy atom. The monoisotopic (exact) mass is 468 g/mol. The summed E-state index contributed by atoms with van der Waals surface area (Å²) in [4.78, 5) is 17.1. The first-order valence-corrected chi connectivity index (χ1v) is 12.0. The molecule has 164 valence electrons. The Morgan fingerprint density at radius 1 is 1.12 bits per heavy atom. The highest BCUT2D eigenvalue weighted by Crippen LogP contribution is 2.22. The van der Waals surface area contributed by atoms with Crippen LogP contribution in [0.5, 0.6) is 0 Å². The number of H-pyrrole nitrogens is 1. The Labute approximate surface area is 188 Å². The molecule has 0 atom stereocenters. The molecule has 0 aliphatic heterocycles. The highest BCUT2D eigenvalue weighted by Gasteiger charge is 2.17. The maximum absolute atomic E-state index is 12.7. The van der Waals surface area contributed by atoms with Crippen LogP contribution in [0.2, 0.25) is 0 Å². The highest BCUT2D eigenvalue weighted by atomic mass is 32.2. The molecule has 11 heteroatoms. The number of nitrogens with zero attached hydrogens (tertiary/aromatic N) is 4. The van der Waals surface area contributed by atoms with Crippen LogP contribution in [-0.2, 0) is 16.4 Å². The zero-order valence-electron chi connectivity index (χ0n) is 17.3. The lowest BCUT2D eigenvalue weighted by Gasteiger charge is -2.04. The number of hydrogen-bond donors (Lipinski definition) is 2. The minimum absolute atomic E-state index is 0.0777. The molecular weight excluding hydrogens is 448 g/mol. The van der Waals surface area contributed by atoms with Crippen molar-refractivity contribution in [3.8, 4) is 5.69 Å². The SMILES string of the molecule is CCc1nnc(NS(=O)(=O)c2ccc(N=Cc3c(C)[nH]n(-c4ccccc4)c3=O)cc2)s1. The van der Waals surface area contributed by atoms with Crippen molar-refractivity contribution in [2.45, 2.75) is 25.2 Å². The molecule has 0 saturated heterocycles. The van der Waals surface area contributed by atoms with Crippen LogP contribution in [0.15, 0.2) is 69.3 Å². The Kier molecular flexibility index (Phi) is 6.01. The molecule has 0 saturated carbocycles. The van der Waals surface area contributed by atoms with Gasteiger partial charge in [-0.25, -0.2) is 13.1 Å². The van der Waals surface area contributed by atoms with E-state index in [2.05, 4.69) is 25.0 Å². The smallest absolute Gasteiger partial charge is 0.280 e. The van der Waals surface area contributed by atoms with Gasteiger partial charge < -0.3 is 0 Å². The summed E-state index contributed by atoms with van der Waals surface area (Å²) in [6.07, 6.45) is 2.16. The van der Waals surface area contributed by atoms with Crippen molar-refractivity contribution in [2.75, 3.05) is 4.72 Å². The van der Waals surface area contributed by atoms with Gasteiger partial charge in [0, 0.05) is 11.9 Å². The van der Waals surface area contributed by atoms with E-state index in [1.165, 1.54) is 34.4 Å². The van der Waals surface area contributed by atoms with E-state index in [4.69, 9.17) is 0 Å².